The summed E-state index contributed by atoms with van der Waals surface area (Å²) in [5.41, 5.74) is 2.83. The smallest absolute Gasteiger partial charge is 0.251 e. The van der Waals surface area contributed by atoms with E-state index in [0.29, 0.717) is 12.1 Å². The van der Waals surface area contributed by atoms with Gasteiger partial charge in [-0.15, -0.1) is 0 Å². The van der Waals surface area contributed by atoms with Crippen molar-refractivity contribution in [1.29, 1.82) is 0 Å². The number of benzene rings is 1. The first kappa shape index (κ1) is 13.3. The third-order valence-electron chi connectivity index (χ3n) is 2.76. The van der Waals surface area contributed by atoms with Crippen LogP contribution >= 0.6 is 0 Å². The molecule has 1 aromatic heterocycles. The molecule has 0 radical (unpaired) electrons. The highest BCUT2D eigenvalue weighted by molar-refractivity contribution is 5.94. The molecule has 0 aliphatic carbocycles. The predicted molar refractivity (Wildman–Crippen MR) is 75.8 cm³/mol. The molecule has 2 aromatic rings. The van der Waals surface area contributed by atoms with Crippen molar-refractivity contribution in [2.75, 3.05) is 6.54 Å². The molecule has 0 unspecified atom stereocenters. The van der Waals surface area contributed by atoms with E-state index in [-0.39, 0.29) is 11.3 Å². The van der Waals surface area contributed by atoms with E-state index < -0.39 is 0 Å². The molecule has 0 bridgehead atoms. The quantitative estimate of drug-likeness (QED) is 0.888. The van der Waals surface area contributed by atoms with E-state index >= 15 is 0 Å². The fourth-order valence-electron chi connectivity index (χ4n) is 1.67. The molecule has 1 amide bonds. The Morgan fingerprint density at radius 3 is 2.42 bits per heavy atom. The fraction of sp³-hybridized carbons (Fsp3) is 0.333. The number of carbonyl (C=O) groups excluding carboxylic acids is 1. The Hall–Kier alpha value is -2.10. The van der Waals surface area contributed by atoms with Crippen molar-refractivity contribution in [2.24, 2.45) is 5.41 Å². The molecule has 0 fully saturated rings. The standard InChI is InChI=1S/C15H19N3O/c1-15(2,3)10-16-14(19)12-6-4-11(5-7-12)13-8-17-18-9-13/h4-9H,10H2,1-3H3,(H,16,19)(H,17,18). The monoisotopic (exact) mass is 257 g/mol. The van der Waals surface area contributed by atoms with Crippen molar-refractivity contribution >= 4 is 5.91 Å². The number of hydrogen-bond donors (Lipinski definition) is 2. The first-order valence-electron chi connectivity index (χ1n) is 6.33. The molecule has 100 valence electrons. The summed E-state index contributed by atoms with van der Waals surface area (Å²) < 4.78 is 0. The van der Waals surface area contributed by atoms with E-state index in [4.69, 9.17) is 0 Å². The number of carbonyl (C=O) groups is 1. The second-order valence-corrected chi connectivity index (χ2v) is 5.81. The van der Waals surface area contributed by atoms with Gasteiger partial charge in [0.1, 0.15) is 0 Å². The van der Waals surface area contributed by atoms with Crippen LogP contribution in [0, 0.1) is 5.41 Å². The van der Waals surface area contributed by atoms with Gasteiger partial charge in [-0.05, 0) is 23.1 Å². The molecule has 0 aliphatic rings. The Morgan fingerprint density at radius 2 is 1.89 bits per heavy atom. The first-order valence-corrected chi connectivity index (χ1v) is 6.33. The molecule has 0 atom stereocenters. The summed E-state index contributed by atoms with van der Waals surface area (Å²) in [7, 11) is 0. The van der Waals surface area contributed by atoms with Crippen molar-refractivity contribution in [3.63, 3.8) is 0 Å². The minimum Gasteiger partial charge on any atom is -0.352 e. The summed E-state index contributed by atoms with van der Waals surface area (Å²) in [6.45, 7) is 6.94. The summed E-state index contributed by atoms with van der Waals surface area (Å²) >= 11 is 0. The normalized spacial score (nSPS) is 11.3. The number of hydrogen-bond acceptors (Lipinski definition) is 2. The highest BCUT2D eigenvalue weighted by Crippen LogP contribution is 2.18. The largest absolute Gasteiger partial charge is 0.352 e. The van der Waals surface area contributed by atoms with Crippen molar-refractivity contribution in [1.82, 2.24) is 15.5 Å². The van der Waals surface area contributed by atoms with Gasteiger partial charge in [-0.25, -0.2) is 0 Å². The molecule has 1 aromatic carbocycles. The van der Waals surface area contributed by atoms with E-state index in [1.165, 1.54) is 0 Å². The van der Waals surface area contributed by atoms with Crippen molar-refractivity contribution in [3.8, 4) is 11.1 Å². The number of rotatable bonds is 3. The van der Waals surface area contributed by atoms with Crippen molar-refractivity contribution in [2.45, 2.75) is 20.8 Å². The first-order chi connectivity index (χ1) is 8.96. The lowest BCUT2D eigenvalue weighted by molar-refractivity contribution is 0.0939. The van der Waals surface area contributed by atoms with Crippen molar-refractivity contribution in [3.05, 3.63) is 42.2 Å². The number of nitrogens with zero attached hydrogens (tertiary/aromatic N) is 1. The SMILES string of the molecule is CC(C)(C)CNC(=O)c1ccc(-c2cn[nH]c2)cc1. The van der Waals surface area contributed by atoms with Gasteiger partial charge in [0.25, 0.3) is 5.91 Å². The molecule has 2 rings (SSSR count). The summed E-state index contributed by atoms with van der Waals surface area (Å²) in [6.07, 6.45) is 3.59. The number of aromatic amines is 1. The third kappa shape index (κ3) is 3.68. The van der Waals surface area contributed by atoms with Gasteiger partial charge in [0.2, 0.25) is 0 Å². The summed E-state index contributed by atoms with van der Waals surface area (Å²) in [5.74, 6) is -0.0336. The highest BCUT2D eigenvalue weighted by Gasteiger charge is 2.13. The molecular weight excluding hydrogens is 238 g/mol. The Morgan fingerprint density at radius 1 is 1.21 bits per heavy atom. The van der Waals surface area contributed by atoms with Gasteiger partial charge in [0.15, 0.2) is 0 Å². The zero-order chi connectivity index (χ0) is 13.9. The molecule has 0 saturated heterocycles. The maximum atomic E-state index is 12.0. The number of H-pyrrole nitrogens is 1. The number of amides is 1. The third-order valence-corrected chi connectivity index (χ3v) is 2.76. The van der Waals surface area contributed by atoms with Gasteiger partial charge in [0, 0.05) is 23.9 Å². The Balaban J connectivity index is 2.04. The zero-order valence-corrected chi connectivity index (χ0v) is 11.5. The molecule has 1 heterocycles. The molecule has 4 nitrogen and oxygen atoms in total. The van der Waals surface area contributed by atoms with Gasteiger partial charge >= 0.3 is 0 Å². The number of aromatic nitrogens is 2. The second-order valence-electron chi connectivity index (χ2n) is 5.81. The highest BCUT2D eigenvalue weighted by atomic mass is 16.1. The van der Waals surface area contributed by atoms with Crippen LogP contribution in [0.25, 0.3) is 11.1 Å². The van der Waals surface area contributed by atoms with Crippen LogP contribution in [0.2, 0.25) is 0 Å². The summed E-state index contributed by atoms with van der Waals surface area (Å²) in [5, 5.41) is 9.62. The Labute approximate surface area is 113 Å². The predicted octanol–water partition coefficient (Wildman–Crippen LogP) is 2.85. The van der Waals surface area contributed by atoms with Gasteiger partial charge in [-0.3, -0.25) is 9.89 Å². The fourth-order valence-corrected chi connectivity index (χ4v) is 1.67. The van der Waals surface area contributed by atoms with Crippen LogP contribution in [0.4, 0.5) is 0 Å². The topological polar surface area (TPSA) is 57.8 Å². The number of nitrogens with one attached hydrogen (secondary N) is 2. The van der Waals surface area contributed by atoms with Crippen molar-refractivity contribution < 1.29 is 4.79 Å². The van der Waals surface area contributed by atoms with E-state index in [1.54, 1.807) is 6.20 Å². The lowest BCUT2D eigenvalue weighted by atomic mass is 9.97. The van der Waals surface area contributed by atoms with Gasteiger partial charge in [0.05, 0.1) is 6.20 Å². The van der Waals surface area contributed by atoms with E-state index in [0.717, 1.165) is 11.1 Å². The summed E-state index contributed by atoms with van der Waals surface area (Å²) in [6, 6.07) is 7.52. The lowest BCUT2D eigenvalue weighted by Crippen LogP contribution is -2.32. The molecule has 4 heteroatoms. The van der Waals surface area contributed by atoms with Crippen LogP contribution in [0.1, 0.15) is 31.1 Å². The zero-order valence-electron chi connectivity index (χ0n) is 11.5. The molecule has 2 N–H and O–H groups in total. The lowest BCUT2D eigenvalue weighted by Gasteiger charge is -2.18. The van der Waals surface area contributed by atoms with Crippen LogP contribution in [0.5, 0.6) is 0 Å². The molecule has 0 saturated carbocycles. The maximum absolute atomic E-state index is 12.0. The van der Waals surface area contributed by atoms with Crippen LogP contribution in [0.15, 0.2) is 36.7 Å². The van der Waals surface area contributed by atoms with E-state index in [2.05, 4.69) is 36.3 Å². The van der Waals surface area contributed by atoms with Crippen LogP contribution < -0.4 is 5.32 Å². The second kappa shape index (κ2) is 5.26. The van der Waals surface area contributed by atoms with Gasteiger partial charge in [-0.2, -0.15) is 5.10 Å². The van der Waals surface area contributed by atoms with Crippen LogP contribution in [-0.2, 0) is 0 Å². The molecule has 0 aliphatic heterocycles. The Bertz CT molecular complexity index is 536. The maximum Gasteiger partial charge on any atom is 0.251 e. The van der Waals surface area contributed by atoms with E-state index in [9.17, 15) is 4.79 Å². The summed E-state index contributed by atoms with van der Waals surface area (Å²) in [4.78, 5) is 12.0. The molecule has 19 heavy (non-hydrogen) atoms. The van der Waals surface area contributed by atoms with Crippen LogP contribution in [0.3, 0.4) is 0 Å². The average molecular weight is 257 g/mol. The van der Waals surface area contributed by atoms with E-state index in [1.807, 2.05) is 30.5 Å². The Kier molecular flexibility index (Phi) is 3.69. The average Bonchev–Trinajstić information content (AvgIpc) is 2.89. The molecular formula is C15H19N3O. The van der Waals surface area contributed by atoms with Gasteiger partial charge < -0.3 is 5.32 Å². The van der Waals surface area contributed by atoms with Gasteiger partial charge in [-0.1, -0.05) is 32.9 Å². The minimum absolute atomic E-state index is 0.0336. The van der Waals surface area contributed by atoms with Crippen LogP contribution in [-0.4, -0.2) is 22.6 Å². The minimum atomic E-state index is -0.0336. The molecule has 0 spiro atoms.